The van der Waals surface area contributed by atoms with Crippen molar-refractivity contribution in [2.24, 2.45) is 5.92 Å². The Kier molecular flexibility index (Phi) is 10.6. The molecule has 0 saturated carbocycles. The number of ether oxygens (including phenoxy) is 1. The lowest BCUT2D eigenvalue weighted by atomic mass is 10.0. The molecule has 3 aromatic carbocycles. The third-order valence-corrected chi connectivity index (χ3v) is 7.15. The average molecular weight is 556 g/mol. The Morgan fingerprint density at radius 3 is 2.29 bits per heavy atom. The molecule has 1 atom stereocenters. The van der Waals surface area contributed by atoms with E-state index in [0.29, 0.717) is 28.8 Å². The predicted molar refractivity (Wildman–Crippen MR) is 155 cm³/mol. The van der Waals surface area contributed by atoms with Crippen LogP contribution in [0.25, 0.3) is 0 Å². The molecule has 1 N–H and O–H groups in total. The molecular formula is C31H36Cl2N2O3. The summed E-state index contributed by atoms with van der Waals surface area (Å²) in [4.78, 5) is 28.9. The maximum Gasteiger partial charge on any atom is 0.261 e. The van der Waals surface area contributed by atoms with E-state index in [2.05, 4.69) is 11.4 Å². The van der Waals surface area contributed by atoms with Gasteiger partial charge in [0.2, 0.25) is 5.91 Å². The van der Waals surface area contributed by atoms with Gasteiger partial charge in [-0.05, 0) is 72.7 Å². The summed E-state index contributed by atoms with van der Waals surface area (Å²) in [7, 11) is 0. The van der Waals surface area contributed by atoms with Gasteiger partial charge in [0.25, 0.3) is 5.91 Å². The molecule has 3 aromatic rings. The van der Waals surface area contributed by atoms with Crippen LogP contribution < -0.4 is 10.1 Å². The lowest BCUT2D eigenvalue weighted by molar-refractivity contribution is -0.142. The predicted octanol–water partition coefficient (Wildman–Crippen LogP) is 6.71. The normalized spacial score (nSPS) is 11.8. The van der Waals surface area contributed by atoms with E-state index in [1.807, 2.05) is 77.1 Å². The third kappa shape index (κ3) is 8.24. The highest BCUT2D eigenvalue weighted by Gasteiger charge is 2.31. The molecule has 0 aliphatic rings. The van der Waals surface area contributed by atoms with Gasteiger partial charge in [0.15, 0.2) is 6.61 Å². The van der Waals surface area contributed by atoms with Crippen molar-refractivity contribution in [3.8, 4) is 5.75 Å². The molecule has 7 heteroatoms. The number of benzene rings is 3. The van der Waals surface area contributed by atoms with Crippen LogP contribution in [-0.4, -0.2) is 35.9 Å². The van der Waals surface area contributed by atoms with E-state index in [4.69, 9.17) is 27.9 Å². The number of halogens is 2. The minimum atomic E-state index is -0.748. The topological polar surface area (TPSA) is 58.6 Å². The molecule has 0 aliphatic heterocycles. The van der Waals surface area contributed by atoms with Gasteiger partial charge in [0, 0.05) is 19.5 Å². The van der Waals surface area contributed by atoms with E-state index in [0.717, 1.165) is 27.8 Å². The molecule has 0 heterocycles. The average Bonchev–Trinajstić information content (AvgIpc) is 2.88. The second-order valence-corrected chi connectivity index (χ2v) is 10.9. The SMILES string of the molecule is Cc1cc(C)c(C)c(OCC(=O)N(Cc2ccc(Cl)c(Cl)c2)[C@H](Cc2ccccc2)C(=O)NCC(C)C)c1. The fourth-order valence-corrected chi connectivity index (χ4v) is 4.50. The Labute approximate surface area is 236 Å². The molecule has 38 heavy (non-hydrogen) atoms. The number of carbonyl (C=O) groups is 2. The first kappa shape index (κ1) is 29.5. The summed E-state index contributed by atoms with van der Waals surface area (Å²) in [5, 5.41) is 3.84. The van der Waals surface area contributed by atoms with Gasteiger partial charge in [-0.15, -0.1) is 0 Å². The summed E-state index contributed by atoms with van der Waals surface area (Å²) in [5.41, 5.74) is 4.85. The summed E-state index contributed by atoms with van der Waals surface area (Å²) < 4.78 is 6.03. The maximum atomic E-state index is 13.8. The van der Waals surface area contributed by atoms with Crippen LogP contribution in [0, 0.1) is 26.7 Å². The largest absolute Gasteiger partial charge is 0.483 e. The van der Waals surface area contributed by atoms with Crippen molar-refractivity contribution in [3.05, 3.63) is 98.5 Å². The van der Waals surface area contributed by atoms with Crippen LogP contribution >= 0.6 is 23.2 Å². The van der Waals surface area contributed by atoms with Gasteiger partial charge in [-0.25, -0.2) is 0 Å². The van der Waals surface area contributed by atoms with Crippen molar-refractivity contribution in [1.29, 1.82) is 0 Å². The first-order chi connectivity index (χ1) is 18.0. The van der Waals surface area contributed by atoms with Crippen LogP contribution in [0.1, 0.15) is 41.7 Å². The summed E-state index contributed by atoms with van der Waals surface area (Å²) in [6, 6.07) is 18.2. The molecule has 0 fully saturated rings. The number of hydrogen-bond donors (Lipinski definition) is 1. The molecule has 0 aliphatic carbocycles. The van der Waals surface area contributed by atoms with E-state index >= 15 is 0 Å². The number of carbonyl (C=O) groups excluding carboxylic acids is 2. The highest BCUT2D eigenvalue weighted by Crippen LogP contribution is 2.26. The van der Waals surface area contributed by atoms with Crippen LogP contribution in [0.3, 0.4) is 0 Å². The molecular weight excluding hydrogens is 519 g/mol. The van der Waals surface area contributed by atoms with Crippen LogP contribution in [-0.2, 0) is 22.6 Å². The lowest BCUT2D eigenvalue weighted by Crippen LogP contribution is -2.52. The molecule has 0 saturated heterocycles. The summed E-state index contributed by atoms with van der Waals surface area (Å²) in [6.45, 7) is 10.5. The van der Waals surface area contributed by atoms with Gasteiger partial charge in [-0.2, -0.15) is 0 Å². The van der Waals surface area contributed by atoms with Crippen molar-refractivity contribution in [1.82, 2.24) is 10.2 Å². The minimum absolute atomic E-state index is 0.178. The Morgan fingerprint density at radius 1 is 0.921 bits per heavy atom. The number of amides is 2. The van der Waals surface area contributed by atoms with Crippen LogP contribution in [0.15, 0.2) is 60.7 Å². The lowest BCUT2D eigenvalue weighted by Gasteiger charge is -2.32. The van der Waals surface area contributed by atoms with E-state index in [1.165, 1.54) is 0 Å². The van der Waals surface area contributed by atoms with Gasteiger partial charge in [-0.3, -0.25) is 9.59 Å². The van der Waals surface area contributed by atoms with Gasteiger partial charge in [0.1, 0.15) is 11.8 Å². The number of rotatable bonds is 11. The molecule has 0 radical (unpaired) electrons. The van der Waals surface area contributed by atoms with Gasteiger partial charge in [0.05, 0.1) is 10.0 Å². The van der Waals surface area contributed by atoms with E-state index in [1.54, 1.807) is 17.0 Å². The van der Waals surface area contributed by atoms with Crippen LogP contribution in [0.2, 0.25) is 10.0 Å². The van der Waals surface area contributed by atoms with E-state index in [-0.39, 0.29) is 30.9 Å². The number of hydrogen-bond acceptors (Lipinski definition) is 3. The van der Waals surface area contributed by atoms with E-state index in [9.17, 15) is 9.59 Å². The Hall–Kier alpha value is -3.02. The third-order valence-electron chi connectivity index (χ3n) is 6.41. The van der Waals surface area contributed by atoms with Crippen LogP contribution in [0.4, 0.5) is 0 Å². The quantitative estimate of drug-likeness (QED) is 0.286. The zero-order chi connectivity index (χ0) is 27.8. The molecule has 2 amide bonds. The summed E-state index contributed by atoms with van der Waals surface area (Å²) in [5.74, 6) is 0.425. The monoisotopic (exact) mass is 554 g/mol. The fourth-order valence-electron chi connectivity index (χ4n) is 4.18. The number of nitrogens with one attached hydrogen (secondary N) is 1. The zero-order valence-corrected chi connectivity index (χ0v) is 24.2. The number of nitrogens with zero attached hydrogens (tertiary/aromatic N) is 1. The Balaban J connectivity index is 1.95. The minimum Gasteiger partial charge on any atom is -0.483 e. The van der Waals surface area contributed by atoms with Gasteiger partial charge >= 0.3 is 0 Å². The van der Waals surface area contributed by atoms with Crippen molar-refractivity contribution >= 4 is 35.0 Å². The molecule has 0 bridgehead atoms. The molecule has 0 aromatic heterocycles. The summed E-state index contributed by atoms with van der Waals surface area (Å²) in [6.07, 6.45) is 0.362. The molecule has 202 valence electrons. The highest BCUT2D eigenvalue weighted by atomic mass is 35.5. The zero-order valence-electron chi connectivity index (χ0n) is 22.7. The van der Waals surface area contributed by atoms with Gasteiger partial charge in [-0.1, -0.05) is 79.5 Å². The van der Waals surface area contributed by atoms with Crippen molar-refractivity contribution in [2.75, 3.05) is 13.2 Å². The molecule has 0 unspecified atom stereocenters. The first-order valence-corrected chi connectivity index (χ1v) is 13.6. The standard InChI is InChI=1S/C31H36Cl2N2O3/c1-20(2)17-34-31(37)28(16-24-9-7-6-8-10-24)35(18-25-11-12-26(32)27(33)15-25)30(36)19-38-29-14-21(3)13-22(4)23(29)5/h6-15,20,28H,16-19H2,1-5H3,(H,34,37)/t28-/m1/s1. The fraction of sp³-hybridized carbons (Fsp3) is 0.355. The Bertz CT molecular complexity index is 1260. The van der Waals surface area contributed by atoms with Crippen molar-refractivity contribution in [3.63, 3.8) is 0 Å². The first-order valence-electron chi connectivity index (χ1n) is 12.8. The Morgan fingerprint density at radius 2 is 1.63 bits per heavy atom. The van der Waals surface area contributed by atoms with Crippen molar-refractivity contribution in [2.45, 2.75) is 53.6 Å². The van der Waals surface area contributed by atoms with E-state index < -0.39 is 6.04 Å². The smallest absolute Gasteiger partial charge is 0.261 e. The maximum absolute atomic E-state index is 13.8. The highest BCUT2D eigenvalue weighted by molar-refractivity contribution is 6.42. The second kappa shape index (κ2) is 13.7. The molecule has 5 nitrogen and oxygen atoms in total. The van der Waals surface area contributed by atoms with Gasteiger partial charge < -0.3 is 15.0 Å². The molecule has 0 spiro atoms. The van der Waals surface area contributed by atoms with Crippen molar-refractivity contribution < 1.29 is 14.3 Å². The summed E-state index contributed by atoms with van der Waals surface area (Å²) >= 11 is 12.4. The molecule has 3 rings (SSSR count). The van der Waals surface area contributed by atoms with Crippen LogP contribution in [0.5, 0.6) is 5.75 Å². The number of aryl methyl sites for hydroxylation is 2. The second-order valence-electron chi connectivity index (χ2n) is 10.1.